The van der Waals surface area contributed by atoms with Gasteiger partial charge >= 0.3 is 0 Å². The van der Waals surface area contributed by atoms with Gasteiger partial charge in [0.2, 0.25) is 6.08 Å². The first-order valence-corrected chi connectivity index (χ1v) is 4.82. The van der Waals surface area contributed by atoms with Gasteiger partial charge in [-0.3, -0.25) is 0 Å². The minimum atomic E-state index is -0.155. The first-order chi connectivity index (χ1) is 5.72. The summed E-state index contributed by atoms with van der Waals surface area (Å²) in [5, 5.41) is 0. The Bertz CT molecular complexity index is 246. The highest BCUT2D eigenvalue weighted by Crippen LogP contribution is 2.57. The van der Waals surface area contributed by atoms with Crippen molar-refractivity contribution in [2.24, 2.45) is 15.8 Å². The van der Waals surface area contributed by atoms with E-state index >= 15 is 0 Å². The monoisotopic (exact) mass is 181 g/mol. The summed E-state index contributed by atoms with van der Waals surface area (Å²) in [6.45, 7) is 10.9. The Morgan fingerprint density at radius 3 is 1.92 bits per heavy atom. The standard InChI is InChI=1S/C11H19NO/c1-9(2,3)11(12-8-13)6-10(4,5)7-11/h6-7H2,1-5H3. The second-order valence-corrected chi connectivity index (χ2v) is 6.00. The molecule has 0 spiro atoms. The zero-order valence-corrected chi connectivity index (χ0v) is 9.27. The molecule has 2 heteroatoms. The minimum Gasteiger partial charge on any atom is -0.211 e. The molecule has 2 nitrogen and oxygen atoms in total. The Morgan fingerprint density at radius 1 is 1.23 bits per heavy atom. The molecule has 74 valence electrons. The molecule has 1 aliphatic rings. The van der Waals surface area contributed by atoms with Crippen molar-refractivity contribution in [1.82, 2.24) is 0 Å². The molecule has 0 atom stereocenters. The molecular formula is C11H19NO. The largest absolute Gasteiger partial charge is 0.235 e. The Labute approximate surface area is 80.4 Å². The molecule has 0 bridgehead atoms. The maximum absolute atomic E-state index is 10.4. The molecule has 0 unspecified atom stereocenters. The van der Waals surface area contributed by atoms with Crippen LogP contribution < -0.4 is 0 Å². The quantitative estimate of drug-likeness (QED) is 0.451. The Hall–Kier alpha value is -0.620. The molecule has 1 rings (SSSR count). The fraction of sp³-hybridized carbons (Fsp3) is 0.909. The summed E-state index contributed by atoms with van der Waals surface area (Å²) < 4.78 is 0. The van der Waals surface area contributed by atoms with Crippen LogP contribution in [0.15, 0.2) is 4.99 Å². The lowest BCUT2D eigenvalue weighted by atomic mass is 9.51. The van der Waals surface area contributed by atoms with Crippen molar-refractivity contribution in [2.45, 2.75) is 53.0 Å². The van der Waals surface area contributed by atoms with Crippen molar-refractivity contribution in [2.75, 3.05) is 0 Å². The normalized spacial score (nSPS) is 24.4. The molecule has 0 amide bonds. The lowest BCUT2D eigenvalue weighted by Crippen LogP contribution is -2.55. The van der Waals surface area contributed by atoms with E-state index in [-0.39, 0.29) is 11.0 Å². The fourth-order valence-corrected chi connectivity index (χ4v) is 2.40. The molecule has 0 saturated heterocycles. The average Bonchev–Trinajstić information content (AvgIpc) is 1.80. The number of aliphatic imine (C=N–C) groups is 1. The molecular weight excluding hydrogens is 162 g/mol. The van der Waals surface area contributed by atoms with Crippen LogP contribution >= 0.6 is 0 Å². The predicted octanol–water partition coefficient (Wildman–Crippen LogP) is 2.93. The summed E-state index contributed by atoms with van der Waals surface area (Å²) in [4.78, 5) is 14.4. The van der Waals surface area contributed by atoms with Crippen LogP contribution in [-0.4, -0.2) is 11.6 Å². The molecule has 0 heterocycles. The minimum absolute atomic E-state index is 0.0694. The molecule has 0 aromatic rings. The number of hydrogen-bond acceptors (Lipinski definition) is 2. The molecule has 0 aliphatic heterocycles. The van der Waals surface area contributed by atoms with Gasteiger partial charge in [-0.1, -0.05) is 34.6 Å². The summed E-state index contributed by atoms with van der Waals surface area (Å²) in [6.07, 6.45) is 3.73. The number of isocyanates is 1. The molecule has 1 fully saturated rings. The molecule has 0 radical (unpaired) electrons. The second-order valence-electron chi connectivity index (χ2n) is 6.00. The van der Waals surface area contributed by atoms with Gasteiger partial charge in [0.15, 0.2) is 0 Å². The predicted molar refractivity (Wildman–Crippen MR) is 53.3 cm³/mol. The van der Waals surface area contributed by atoms with Gasteiger partial charge in [0, 0.05) is 0 Å². The summed E-state index contributed by atoms with van der Waals surface area (Å²) in [7, 11) is 0. The van der Waals surface area contributed by atoms with Crippen LogP contribution in [0, 0.1) is 10.8 Å². The van der Waals surface area contributed by atoms with E-state index in [2.05, 4.69) is 39.6 Å². The van der Waals surface area contributed by atoms with E-state index in [0.717, 1.165) is 12.8 Å². The third-order valence-electron chi connectivity index (χ3n) is 3.20. The lowest BCUT2D eigenvalue weighted by molar-refractivity contribution is -0.0152. The summed E-state index contributed by atoms with van der Waals surface area (Å²) >= 11 is 0. The van der Waals surface area contributed by atoms with E-state index in [0.29, 0.717) is 5.41 Å². The van der Waals surface area contributed by atoms with Crippen LogP contribution in [0.4, 0.5) is 0 Å². The summed E-state index contributed by atoms with van der Waals surface area (Å²) in [5.41, 5.74) is 0.256. The van der Waals surface area contributed by atoms with E-state index in [1.54, 1.807) is 6.08 Å². The van der Waals surface area contributed by atoms with Crippen LogP contribution in [0.3, 0.4) is 0 Å². The summed E-state index contributed by atoms with van der Waals surface area (Å²) in [6, 6.07) is 0. The smallest absolute Gasteiger partial charge is 0.211 e. The number of hydrogen-bond donors (Lipinski definition) is 0. The van der Waals surface area contributed by atoms with E-state index in [9.17, 15) is 4.79 Å². The van der Waals surface area contributed by atoms with E-state index in [1.807, 2.05) is 0 Å². The number of nitrogens with zero attached hydrogens (tertiary/aromatic N) is 1. The maximum Gasteiger partial charge on any atom is 0.235 e. The highest BCUT2D eigenvalue weighted by Gasteiger charge is 2.55. The topological polar surface area (TPSA) is 29.4 Å². The maximum atomic E-state index is 10.4. The Balaban J connectivity index is 2.90. The van der Waals surface area contributed by atoms with Gasteiger partial charge in [0.05, 0.1) is 5.54 Å². The van der Waals surface area contributed by atoms with Gasteiger partial charge in [0.25, 0.3) is 0 Å². The SMILES string of the molecule is CC1(C)CC(N=C=O)(C(C)(C)C)C1. The highest BCUT2D eigenvalue weighted by molar-refractivity contribution is 5.37. The van der Waals surface area contributed by atoms with Crippen molar-refractivity contribution in [3.63, 3.8) is 0 Å². The molecule has 0 aromatic heterocycles. The van der Waals surface area contributed by atoms with Crippen LogP contribution in [0.1, 0.15) is 47.5 Å². The van der Waals surface area contributed by atoms with E-state index in [1.165, 1.54) is 0 Å². The third-order valence-corrected chi connectivity index (χ3v) is 3.20. The first kappa shape index (κ1) is 10.5. The highest BCUT2D eigenvalue weighted by atomic mass is 16.1. The van der Waals surface area contributed by atoms with Gasteiger partial charge in [-0.2, -0.15) is 4.99 Å². The first-order valence-electron chi connectivity index (χ1n) is 4.82. The van der Waals surface area contributed by atoms with Crippen molar-refractivity contribution < 1.29 is 4.79 Å². The van der Waals surface area contributed by atoms with Gasteiger partial charge in [-0.15, -0.1) is 0 Å². The van der Waals surface area contributed by atoms with Gasteiger partial charge in [-0.25, -0.2) is 4.79 Å². The second kappa shape index (κ2) is 2.68. The Morgan fingerprint density at radius 2 is 1.69 bits per heavy atom. The third kappa shape index (κ3) is 1.68. The van der Waals surface area contributed by atoms with Crippen molar-refractivity contribution in [1.29, 1.82) is 0 Å². The van der Waals surface area contributed by atoms with E-state index < -0.39 is 0 Å². The van der Waals surface area contributed by atoms with Crippen LogP contribution in [-0.2, 0) is 4.79 Å². The van der Waals surface area contributed by atoms with Crippen molar-refractivity contribution in [3.05, 3.63) is 0 Å². The number of rotatable bonds is 1. The fourth-order valence-electron chi connectivity index (χ4n) is 2.40. The molecule has 0 aromatic carbocycles. The molecule has 0 N–H and O–H groups in total. The van der Waals surface area contributed by atoms with Crippen molar-refractivity contribution in [3.8, 4) is 0 Å². The van der Waals surface area contributed by atoms with Crippen LogP contribution in [0.25, 0.3) is 0 Å². The van der Waals surface area contributed by atoms with Crippen LogP contribution in [0.5, 0.6) is 0 Å². The van der Waals surface area contributed by atoms with Crippen molar-refractivity contribution >= 4 is 6.08 Å². The van der Waals surface area contributed by atoms with Crippen LogP contribution in [0.2, 0.25) is 0 Å². The molecule has 13 heavy (non-hydrogen) atoms. The zero-order chi connectivity index (χ0) is 10.3. The average molecular weight is 181 g/mol. The molecule has 1 saturated carbocycles. The van der Waals surface area contributed by atoms with Gasteiger partial charge in [-0.05, 0) is 23.7 Å². The molecule has 1 aliphatic carbocycles. The number of carbonyl (C=O) groups excluding carboxylic acids is 1. The lowest BCUT2D eigenvalue weighted by Gasteiger charge is -2.56. The Kier molecular flexibility index (Phi) is 2.16. The summed E-state index contributed by atoms with van der Waals surface area (Å²) in [5.74, 6) is 0. The van der Waals surface area contributed by atoms with E-state index in [4.69, 9.17) is 0 Å². The van der Waals surface area contributed by atoms with Gasteiger partial charge < -0.3 is 0 Å². The zero-order valence-electron chi connectivity index (χ0n) is 9.27. The van der Waals surface area contributed by atoms with Gasteiger partial charge in [0.1, 0.15) is 0 Å².